The first-order chi connectivity index (χ1) is 4.11. The molecule has 0 unspecified atom stereocenters. The Kier molecular flexibility index (Phi) is 1.29. The van der Waals surface area contributed by atoms with E-state index in [4.69, 9.17) is 0 Å². The normalized spacial score (nSPS) is 11.9. The number of rotatable bonds is 1. The van der Waals surface area contributed by atoms with Crippen LogP contribution in [0, 0.1) is 0 Å². The first-order valence-corrected chi connectivity index (χ1v) is 2.81. The van der Waals surface area contributed by atoms with Crippen LogP contribution < -0.4 is 5.11 Å². The van der Waals surface area contributed by atoms with Crippen molar-refractivity contribution in [1.29, 1.82) is 0 Å². The second-order valence-electron chi connectivity index (χ2n) is 2.40. The molecule has 0 N–H and O–H groups in total. The molecule has 0 aliphatic heterocycles. The summed E-state index contributed by atoms with van der Waals surface area (Å²) in [6, 6.07) is 1.74. The highest BCUT2D eigenvalue weighted by molar-refractivity contribution is 4.80. The molecule has 0 atom stereocenters. The van der Waals surface area contributed by atoms with Gasteiger partial charge in [0.05, 0.1) is 0 Å². The zero-order valence-corrected chi connectivity index (χ0v) is 5.53. The molecular weight excluding hydrogens is 116 g/mol. The number of hydrogen-bond donors (Lipinski definition) is 0. The third kappa shape index (κ3) is 1.29. The van der Waals surface area contributed by atoms with Crippen LogP contribution in [-0.4, -0.2) is 9.78 Å². The van der Waals surface area contributed by atoms with Gasteiger partial charge in [0.25, 0.3) is 0 Å². The Morgan fingerprint density at radius 1 is 1.56 bits per heavy atom. The molecule has 0 aromatic carbocycles. The van der Waals surface area contributed by atoms with Gasteiger partial charge in [-0.25, -0.2) is 0 Å². The van der Waals surface area contributed by atoms with Gasteiger partial charge in [-0.2, -0.15) is 5.10 Å². The van der Waals surface area contributed by atoms with E-state index in [0.717, 1.165) is 0 Å². The Morgan fingerprint density at radius 2 is 2.22 bits per heavy atom. The monoisotopic (exact) mass is 125 g/mol. The van der Waals surface area contributed by atoms with E-state index in [0.29, 0.717) is 0 Å². The van der Waals surface area contributed by atoms with E-state index < -0.39 is 5.72 Å². The van der Waals surface area contributed by atoms with Crippen molar-refractivity contribution in [3.8, 4) is 0 Å². The highest BCUT2D eigenvalue weighted by atomic mass is 16.3. The number of hydrogen-bond acceptors (Lipinski definition) is 2. The maximum atomic E-state index is 11.1. The standard InChI is InChI=1S/C6H9N2O/c1-6(2,9)8-5-3-4-7-8/h3-5H,1-2H3/q-1. The van der Waals surface area contributed by atoms with E-state index in [9.17, 15) is 5.11 Å². The second kappa shape index (κ2) is 1.84. The predicted octanol–water partition coefficient (Wildman–Crippen LogP) is -0.0640. The smallest absolute Gasteiger partial charge is 0.0489 e. The summed E-state index contributed by atoms with van der Waals surface area (Å²) in [7, 11) is 0. The molecule has 0 radical (unpaired) electrons. The molecule has 1 aromatic rings. The van der Waals surface area contributed by atoms with Gasteiger partial charge in [0, 0.05) is 12.4 Å². The molecule has 0 bridgehead atoms. The predicted molar refractivity (Wildman–Crippen MR) is 31.5 cm³/mol. The Hall–Kier alpha value is -0.830. The summed E-state index contributed by atoms with van der Waals surface area (Å²) in [5.74, 6) is 0. The van der Waals surface area contributed by atoms with Gasteiger partial charge in [0.1, 0.15) is 0 Å². The minimum Gasteiger partial charge on any atom is -0.832 e. The third-order valence-corrected chi connectivity index (χ3v) is 1.06. The Morgan fingerprint density at radius 3 is 2.44 bits per heavy atom. The molecule has 1 rings (SSSR count). The van der Waals surface area contributed by atoms with Gasteiger partial charge < -0.3 is 5.11 Å². The van der Waals surface area contributed by atoms with Crippen molar-refractivity contribution in [2.75, 3.05) is 0 Å². The molecule has 1 heterocycles. The number of nitrogens with zero attached hydrogens (tertiary/aromatic N) is 2. The van der Waals surface area contributed by atoms with Gasteiger partial charge >= 0.3 is 0 Å². The van der Waals surface area contributed by atoms with Crippen LogP contribution in [0.5, 0.6) is 0 Å². The fourth-order valence-corrected chi connectivity index (χ4v) is 0.587. The Bertz CT molecular complexity index is 173. The quantitative estimate of drug-likeness (QED) is 0.527. The molecule has 0 spiro atoms. The molecule has 9 heavy (non-hydrogen) atoms. The van der Waals surface area contributed by atoms with Gasteiger partial charge in [-0.15, -0.1) is 0 Å². The topological polar surface area (TPSA) is 40.9 Å². The zero-order chi connectivity index (χ0) is 6.91. The summed E-state index contributed by atoms with van der Waals surface area (Å²) in [4.78, 5) is 0. The average Bonchev–Trinajstić information content (AvgIpc) is 2.08. The maximum absolute atomic E-state index is 11.1. The molecule has 50 valence electrons. The van der Waals surface area contributed by atoms with E-state index in [2.05, 4.69) is 5.10 Å². The first-order valence-electron chi connectivity index (χ1n) is 2.81. The van der Waals surface area contributed by atoms with Crippen LogP contribution in [0.25, 0.3) is 0 Å². The molecule has 1 aromatic heterocycles. The molecule has 0 fully saturated rings. The molecule has 3 nitrogen and oxygen atoms in total. The van der Waals surface area contributed by atoms with Crippen molar-refractivity contribution in [1.82, 2.24) is 9.78 Å². The summed E-state index contributed by atoms with van der Waals surface area (Å²) in [6.07, 6.45) is 3.26. The van der Waals surface area contributed by atoms with Crippen molar-refractivity contribution in [2.45, 2.75) is 19.6 Å². The van der Waals surface area contributed by atoms with Crippen molar-refractivity contribution < 1.29 is 5.11 Å². The Balaban J connectivity index is 2.90. The van der Waals surface area contributed by atoms with Gasteiger partial charge in [-0.3, -0.25) is 4.68 Å². The summed E-state index contributed by atoms with van der Waals surface area (Å²) < 4.78 is 1.38. The maximum Gasteiger partial charge on any atom is 0.0489 e. The van der Waals surface area contributed by atoms with Gasteiger partial charge in [-0.05, 0) is 11.8 Å². The second-order valence-corrected chi connectivity index (χ2v) is 2.40. The van der Waals surface area contributed by atoms with Crippen LogP contribution in [0.4, 0.5) is 0 Å². The SMILES string of the molecule is CC(C)([O-])n1cccn1. The van der Waals surface area contributed by atoms with E-state index in [-0.39, 0.29) is 0 Å². The molecule has 0 saturated carbocycles. The molecule has 3 heteroatoms. The van der Waals surface area contributed by atoms with Crippen LogP contribution >= 0.6 is 0 Å². The lowest BCUT2D eigenvalue weighted by Crippen LogP contribution is -2.40. The highest BCUT2D eigenvalue weighted by Gasteiger charge is 2.01. The van der Waals surface area contributed by atoms with Crippen molar-refractivity contribution in [2.24, 2.45) is 0 Å². The lowest BCUT2D eigenvalue weighted by atomic mass is 10.3. The summed E-state index contributed by atoms with van der Waals surface area (Å²) in [6.45, 7) is 3.14. The van der Waals surface area contributed by atoms with Gasteiger partial charge in [0.15, 0.2) is 0 Å². The van der Waals surface area contributed by atoms with Crippen molar-refractivity contribution in [3.05, 3.63) is 18.5 Å². The Labute approximate surface area is 53.9 Å². The lowest BCUT2D eigenvalue weighted by Gasteiger charge is -2.31. The van der Waals surface area contributed by atoms with Crippen LogP contribution in [-0.2, 0) is 5.72 Å². The van der Waals surface area contributed by atoms with Crippen molar-refractivity contribution in [3.63, 3.8) is 0 Å². The average molecular weight is 125 g/mol. The van der Waals surface area contributed by atoms with Crippen LogP contribution in [0.15, 0.2) is 18.5 Å². The summed E-state index contributed by atoms with van der Waals surface area (Å²) >= 11 is 0. The van der Waals surface area contributed by atoms with Crippen LogP contribution in [0.3, 0.4) is 0 Å². The van der Waals surface area contributed by atoms with Gasteiger partial charge in [0.2, 0.25) is 0 Å². The summed E-state index contributed by atoms with van der Waals surface area (Å²) in [5, 5.41) is 14.9. The summed E-state index contributed by atoms with van der Waals surface area (Å²) in [5.41, 5.74) is -1.12. The van der Waals surface area contributed by atoms with E-state index in [1.165, 1.54) is 4.68 Å². The largest absolute Gasteiger partial charge is 0.832 e. The van der Waals surface area contributed by atoms with Crippen LogP contribution in [0.1, 0.15) is 13.8 Å². The molecule has 0 aliphatic carbocycles. The first kappa shape index (κ1) is 6.29. The van der Waals surface area contributed by atoms with E-state index >= 15 is 0 Å². The highest BCUT2D eigenvalue weighted by Crippen LogP contribution is 2.01. The van der Waals surface area contributed by atoms with E-state index in [1.54, 1.807) is 32.3 Å². The lowest BCUT2D eigenvalue weighted by molar-refractivity contribution is -0.505. The van der Waals surface area contributed by atoms with Crippen LogP contribution in [0.2, 0.25) is 0 Å². The molecule has 0 saturated heterocycles. The van der Waals surface area contributed by atoms with Crippen molar-refractivity contribution >= 4 is 0 Å². The van der Waals surface area contributed by atoms with E-state index in [1.807, 2.05) is 0 Å². The van der Waals surface area contributed by atoms with Gasteiger partial charge in [-0.1, -0.05) is 13.8 Å². The minimum absolute atomic E-state index is 1.12. The molecular formula is C6H9N2O-. The zero-order valence-electron chi connectivity index (χ0n) is 5.53. The molecule has 0 aliphatic rings. The third-order valence-electron chi connectivity index (χ3n) is 1.06. The fourth-order valence-electron chi connectivity index (χ4n) is 0.587. The minimum atomic E-state index is -1.12. The number of aromatic nitrogens is 2. The fraction of sp³-hybridized carbons (Fsp3) is 0.500. The molecule has 0 amide bonds.